The maximum absolute atomic E-state index is 13.1. The first kappa shape index (κ1) is 23.8. The fourth-order valence-electron chi connectivity index (χ4n) is 3.75. The second-order valence-electron chi connectivity index (χ2n) is 7.73. The summed E-state index contributed by atoms with van der Waals surface area (Å²) in [5.74, 6) is 0.382. The van der Waals surface area contributed by atoms with Crippen LogP contribution in [-0.2, 0) is 20.9 Å². The zero-order valence-electron chi connectivity index (χ0n) is 17.2. The first-order valence-corrected chi connectivity index (χ1v) is 12.7. The number of thiophene rings is 1. The number of anilines is 1. The number of ketones is 1. The highest BCUT2D eigenvalue weighted by molar-refractivity contribution is 7.84. The standard InChI is InChI=1S/C20H21ClN4O6S2/c21-18-2-1-14(31-18)3-11-4-17(32-9-11)19(27)15-7-23-10-24-20(15)25-13-5-12(16(26)6-13)8-30-33(22,28)29/h1-2,4,7,9-10,12-13,16,26H,3,5-6,8H2,(H2,22,28,29)(H,23,24,25)/t12-,13-,16+/m1/s1. The third-order valence-corrected chi connectivity index (χ3v) is 6.93. The van der Waals surface area contributed by atoms with Gasteiger partial charge in [0.15, 0.2) is 5.22 Å². The maximum Gasteiger partial charge on any atom is 0.333 e. The summed E-state index contributed by atoms with van der Waals surface area (Å²) in [6, 6.07) is 5.00. The molecule has 0 amide bonds. The van der Waals surface area contributed by atoms with Crippen molar-refractivity contribution in [1.82, 2.24) is 9.97 Å². The van der Waals surface area contributed by atoms with Gasteiger partial charge in [0.1, 0.15) is 17.9 Å². The highest BCUT2D eigenvalue weighted by Gasteiger charge is 2.34. The summed E-state index contributed by atoms with van der Waals surface area (Å²) in [7, 11) is -4.08. The van der Waals surface area contributed by atoms with Crippen molar-refractivity contribution in [1.29, 1.82) is 0 Å². The summed E-state index contributed by atoms with van der Waals surface area (Å²) in [6.07, 6.45) is 3.26. The van der Waals surface area contributed by atoms with Gasteiger partial charge in [-0.25, -0.2) is 15.1 Å². The molecule has 1 fully saturated rings. The van der Waals surface area contributed by atoms with E-state index in [1.807, 2.05) is 5.38 Å². The van der Waals surface area contributed by atoms with Crippen LogP contribution in [0.15, 0.2) is 40.5 Å². The fraction of sp³-hybridized carbons (Fsp3) is 0.350. The molecule has 0 radical (unpaired) electrons. The molecule has 10 nitrogen and oxygen atoms in total. The zero-order valence-corrected chi connectivity index (χ0v) is 19.6. The predicted octanol–water partition coefficient (Wildman–Crippen LogP) is 2.38. The van der Waals surface area contributed by atoms with Gasteiger partial charge in [-0.2, -0.15) is 8.42 Å². The van der Waals surface area contributed by atoms with Crippen LogP contribution in [0.25, 0.3) is 0 Å². The Kier molecular flexibility index (Phi) is 7.12. The van der Waals surface area contributed by atoms with Crippen LogP contribution in [0.1, 0.15) is 39.4 Å². The molecule has 0 spiro atoms. The molecule has 0 aromatic carbocycles. The average Bonchev–Trinajstić information content (AvgIpc) is 3.47. The SMILES string of the molecule is NS(=O)(=O)OC[C@H]1C[C@@H](Nc2ncncc2C(=O)c2cc(Cc3ccc(Cl)o3)cs2)C[C@@H]1O. The van der Waals surface area contributed by atoms with Crippen LogP contribution in [0, 0.1) is 5.92 Å². The summed E-state index contributed by atoms with van der Waals surface area (Å²) in [4.78, 5) is 21.9. The molecule has 3 aromatic heterocycles. The van der Waals surface area contributed by atoms with E-state index in [2.05, 4.69) is 19.5 Å². The number of hydrogen-bond donors (Lipinski definition) is 3. The minimum absolute atomic E-state index is 0.216. The quantitative estimate of drug-likeness (QED) is 0.366. The van der Waals surface area contributed by atoms with Gasteiger partial charge in [-0.15, -0.1) is 11.3 Å². The van der Waals surface area contributed by atoms with Gasteiger partial charge in [0.25, 0.3) is 0 Å². The van der Waals surface area contributed by atoms with Crippen LogP contribution in [0.5, 0.6) is 0 Å². The van der Waals surface area contributed by atoms with Crippen LogP contribution < -0.4 is 10.5 Å². The topological polar surface area (TPSA) is 158 Å². The monoisotopic (exact) mass is 512 g/mol. The molecule has 3 heterocycles. The van der Waals surface area contributed by atoms with Crippen molar-refractivity contribution in [2.24, 2.45) is 11.1 Å². The number of furan rings is 1. The van der Waals surface area contributed by atoms with Crippen LogP contribution in [0.3, 0.4) is 0 Å². The number of nitrogens with two attached hydrogens (primary N) is 1. The molecule has 0 aliphatic heterocycles. The third-order valence-electron chi connectivity index (χ3n) is 5.29. The minimum atomic E-state index is -4.08. The van der Waals surface area contributed by atoms with Crippen LogP contribution in [-0.4, -0.2) is 48.0 Å². The van der Waals surface area contributed by atoms with Crippen LogP contribution in [0.2, 0.25) is 5.22 Å². The van der Waals surface area contributed by atoms with Crippen LogP contribution >= 0.6 is 22.9 Å². The molecule has 0 unspecified atom stereocenters. The molecule has 4 rings (SSSR count). The predicted molar refractivity (Wildman–Crippen MR) is 122 cm³/mol. The molecule has 3 atom stereocenters. The number of hydrogen-bond acceptors (Lipinski definition) is 10. The highest BCUT2D eigenvalue weighted by Crippen LogP contribution is 2.30. The summed E-state index contributed by atoms with van der Waals surface area (Å²) < 4.78 is 32.0. The van der Waals surface area contributed by atoms with E-state index < -0.39 is 22.3 Å². The average molecular weight is 513 g/mol. The van der Waals surface area contributed by atoms with E-state index in [-0.39, 0.29) is 18.4 Å². The highest BCUT2D eigenvalue weighted by atomic mass is 35.5. The third kappa shape index (κ3) is 6.16. The summed E-state index contributed by atoms with van der Waals surface area (Å²) >= 11 is 7.12. The maximum atomic E-state index is 13.1. The van der Waals surface area contributed by atoms with Crippen LogP contribution in [0.4, 0.5) is 5.82 Å². The Morgan fingerprint density at radius 2 is 2.21 bits per heavy atom. The molecule has 4 N–H and O–H groups in total. The summed E-state index contributed by atoms with van der Waals surface area (Å²) in [6.45, 7) is -0.216. The second-order valence-corrected chi connectivity index (χ2v) is 10.2. The molecule has 1 aliphatic carbocycles. The minimum Gasteiger partial charge on any atom is -0.449 e. The molecule has 0 bridgehead atoms. The number of carbonyl (C=O) groups is 1. The second kappa shape index (κ2) is 9.87. The number of aliphatic hydroxyl groups is 1. The summed E-state index contributed by atoms with van der Waals surface area (Å²) in [5.41, 5.74) is 1.21. The van der Waals surface area contributed by atoms with Gasteiger partial charge >= 0.3 is 10.3 Å². The summed E-state index contributed by atoms with van der Waals surface area (Å²) in [5, 5.41) is 20.5. The van der Waals surface area contributed by atoms with Gasteiger partial charge in [0.05, 0.1) is 23.2 Å². The number of rotatable bonds is 9. The molecule has 1 aliphatic rings. The van der Waals surface area contributed by atoms with Crippen molar-refractivity contribution in [2.75, 3.05) is 11.9 Å². The Morgan fingerprint density at radius 3 is 2.94 bits per heavy atom. The number of carbonyl (C=O) groups excluding carboxylic acids is 1. The zero-order chi connectivity index (χ0) is 23.6. The van der Waals surface area contributed by atoms with Crippen molar-refractivity contribution in [3.8, 4) is 0 Å². The number of nitrogens with zero attached hydrogens (tertiary/aromatic N) is 2. The van der Waals surface area contributed by atoms with E-state index >= 15 is 0 Å². The largest absolute Gasteiger partial charge is 0.449 e. The number of nitrogens with one attached hydrogen (secondary N) is 1. The van der Waals surface area contributed by atoms with E-state index in [1.165, 1.54) is 23.9 Å². The van der Waals surface area contributed by atoms with E-state index in [9.17, 15) is 18.3 Å². The number of aliphatic hydroxyl groups excluding tert-OH is 1. The molecule has 13 heteroatoms. The van der Waals surface area contributed by atoms with Crippen molar-refractivity contribution < 1.29 is 26.9 Å². The molecule has 0 saturated heterocycles. The molecule has 3 aromatic rings. The number of halogens is 1. The lowest BCUT2D eigenvalue weighted by Crippen LogP contribution is -2.24. The van der Waals surface area contributed by atoms with E-state index in [0.29, 0.717) is 46.5 Å². The van der Waals surface area contributed by atoms with Gasteiger partial charge < -0.3 is 14.8 Å². The van der Waals surface area contributed by atoms with Crippen molar-refractivity contribution in [2.45, 2.75) is 31.4 Å². The van der Waals surface area contributed by atoms with E-state index in [1.54, 1.807) is 18.2 Å². The molecular formula is C20H21ClN4O6S2. The molecular weight excluding hydrogens is 492 g/mol. The first-order chi connectivity index (χ1) is 15.7. The Labute approximate surface area is 199 Å². The number of aromatic nitrogens is 2. The van der Waals surface area contributed by atoms with Gasteiger partial charge in [0.2, 0.25) is 5.78 Å². The van der Waals surface area contributed by atoms with E-state index in [4.69, 9.17) is 21.2 Å². The van der Waals surface area contributed by atoms with Gasteiger partial charge in [-0.05, 0) is 53.6 Å². The lowest BCUT2D eigenvalue weighted by molar-refractivity contribution is 0.101. The van der Waals surface area contributed by atoms with Gasteiger partial charge in [-0.1, -0.05) is 0 Å². The Balaban J connectivity index is 1.44. The smallest absolute Gasteiger partial charge is 0.333 e. The van der Waals surface area contributed by atoms with Gasteiger partial charge in [0, 0.05) is 24.6 Å². The molecule has 33 heavy (non-hydrogen) atoms. The molecule has 1 saturated carbocycles. The molecule has 176 valence electrons. The van der Waals surface area contributed by atoms with Gasteiger partial charge in [-0.3, -0.25) is 8.98 Å². The van der Waals surface area contributed by atoms with Crippen molar-refractivity contribution >= 4 is 44.8 Å². The van der Waals surface area contributed by atoms with E-state index in [0.717, 1.165) is 5.56 Å². The van der Waals surface area contributed by atoms with Crippen molar-refractivity contribution in [3.05, 3.63) is 63.1 Å². The lowest BCUT2D eigenvalue weighted by atomic mass is 10.1. The first-order valence-electron chi connectivity index (χ1n) is 9.96. The normalized spacial score (nSPS) is 20.8. The lowest BCUT2D eigenvalue weighted by Gasteiger charge is -2.15. The Hall–Kier alpha value is -2.35. The Morgan fingerprint density at radius 1 is 1.39 bits per heavy atom. The Bertz CT molecular complexity index is 1240. The fourth-order valence-corrected chi connectivity index (χ4v) is 5.15. The van der Waals surface area contributed by atoms with Crippen molar-refractivity contribution in [3.63, 3.8) is 0 Å².